The molecule has 0 unspecified atom stereocenters. The molecule has 0 saturated heterocycles. The first-order valence-corrected chi connectivity index (χ1v) is 5.42. The van der Waals surface area contributed by atoms with E-state index in [1.165, 1.54) is 0 Å². The van der Waals surface area contributed by atoms with Crippen molar-refractivity contribution in [2.24, 2.45) is 0 Å². The Balaban J connectivity index is 2.46. The Morgan fingerprint density at radius 3 is 2.56 bits per heavy atom. The van der Waals surface area contributed by atoms with Crippen LogP contribution in [0.1, 0.15) is 11.1 Å². The molecule has 0 aromatic heterocycles. The average molecular weight is 265 g/mol. The van der Waals surface area contributed by atoms with Crippen molar-refractivity contribution in [2.75, 3.05) is 13.7 Å². The van der Waals surface area contributed by atoms with Gasteiger partial charge in [-0.1, -0.05) is 24.3 Å². The number of rotatable bonds is 7. The SMILES string of the molecule is CNCc1cccc(COCC(F)(F)C(F)F)c1. The molecule has 0 aliphatic carbocycles. The first kappa shape index (κ1) is 14.9. The van der Waals surface area contributed by atoms with Gasteiger partial charge in [0.15, 0.2) is 0 Å². The van der Waals surface area contributed by atoms with E-state index < -0.39 is 19.0 Å². The van der Waals surface area contributed by atoms with Crippen molar-refractivity contribution >= 4 is 0 Å². The van der Waals surface area contributed by atoms with Crippen LogP contribution < -0.4 is 5.32 Å². The van der Waals surface area contributed by atoms with Crippen molar-refractivity contribution in [2.45, 2.75) is 25.5 Å². The maximum absolute atomic E-state index is 12.6. The van der Waals surface area contributed by atoms with E-state index in [1.807, 2.05) is 6.07 Å². The van der Waals surface area contributed by atoms with E-state index in [1.54, 1.807) is 25.2 Å². The van der Waals surface area contributed by atoms with Crippen molar-refractivity contribution in [3.63, 3.8) is 0 Å². The molecule has 2 nitrogen and oxygen atoms in total. The highest BCUT2D eigenvalue weighted by atomic mass is 19.3. The van der Waals surface area contributed by atoms with Crippen molar-refractivity contribution in [3.8, 4) is 0 Å². The van der Waals surface area contributed by atoms with Crippen LogP contribution in [0.5, 0.6) is 0 Å². The van der Waals surface area contributed by atoms with Gasteiger partial charge in [-0.05, 0) is 18.2 Å². The summed E-state index contributed by atoms with van der Waals surface area (Å²) in [7, 11) is 1.78. The normalized spacial score (nSPS) is 12.1. The van der Waals surface area contributed by atoms with Crippen LogP contribution in [0.3, 0.4) is 0 Å². The van der Waals surface area contributed by atoms with Crippen molar-refractivity contribution in [1.29, 1.82) is 0 Å². The average Bonchev–Trinajstić information content (AvgIpc) is 2.29. The highest BCUT2D eigenvalue weighted by Gasteiger charge is 2.40. The summed E-state index contributed by atoms with van der Waals surface area (Å²) in [5.41, 5.74) is 1.65. The quantitative estimate of drug-likeness (QED) is 0.765. The predicted octanol–water partition coefficient (Wildman–Crippen LogP) is 2.82. The number of nitrogens with one attached hydrogen (secondary N) is 1. The summed E-state index contributed by atoms with van der Waals surface area (Å²) in [6, 6.07) is 7.10. The second-order valence-corrected chi connectivity index (χ2v) is 3.90. The smallest absolute Gasteiger partial charge is 0.330 e. The second kappa shape index (κ2) is 6.70. The van der Waals surface area contributed by atoms with Crippen LogP contribution in [-0.4, -0.2) is 26.0 Å². The second-order valence-electron chi connectivity index (χ2n) is 3.90. The summed E-state index contributed by atoms with van der Waals surface area (Å²) in [6.45, 7) is -0.748. The lowest BCUT2D eigenvalue weighted by Crippen LogP contribution is -2.32. The van der Waals surface area contributed by atoms with Gasteiger partial charge in [0.25, 0.3) is 0 Å². The van der Waals surface area contributed by atoms with Gasteiger partial charge >= 0.3 is 12.3 Å². The Kier molecular flexibility index (Phi) is 5.55. The Morgan fingerprint density at radius 1 is 1.28 bits per heavy atom. The first-order chi connectivity index (χ1) is 8.45. The molecule has 6 heteroatoms. The van der Waals surface area contributed by atoms with Gasteiger partial charge in [-0.3, -0.25) is 0 Å². The summed E-state index contributed by atoms with van der Waals surface area (Å²) in [6.07, 6.45) is -3.70. The topological polar surface area (TPSA) is 21.3 Å². The number of hydrogen-bond acceptors (Lipinski definition) is 2. The molecule has 18 heavy (non-hydrogen) atoms. The fourth-order valence-corrected chi connectivity index (χ4v) is 1.40. The molecule has 1 aromatic rings. The van der Waals surface area contributed by atoms with Crippen molar-refractivity contribution < 1.29 is 22.3 Å². The van der Waals surface area contributed by atoms with Gasteiger partial charge in [0, 0.05) is 6.54 Å². The molecule has 1 N–H and O–H groups in total. The molecule has 0 aliphatic heterocycles. The number of halogens is 4. The molecule has 1 rings (SSSR count). The van der Waals surface area contributed by atoms with Gasteiger partial charge in [0.1, 0.15) is 6.61 Å². The Hall–Kier alpha value is -1.14. The molecule has 0 fully saturated rings. The van der Waals surface area contributed by atoms with E-state index in [0.717, 1.165) is 5.56 Å². The van der Waals surface area contributed by atoms with E-state index in [2.05, 4.69) is 10.1 Å². The summed E-state index contributed by atoms with van der Waals surface area (Å²) < 4.78 is 53.5. The summed E-state index contributed by atoms with van der Waals surface area (Å²) in [4.78, 5) is 0. The zero-order chi connectivity index (χ0) is 13.6. The molecule has 0 amide bonds. The minimum absolute atomic E-state index is 0.111. The lowest BCUT2D eigenvalue weighted by Gasteiger charge is -2.15. The lowest BCUT2D eigenvalue weighted by atomic mass is 10.1. The van der Waals surface area contributed by atoms with E-state index in [-0.39, 0.29) is 6.61 Å². The third-order valence-corrected chi connectivity index (χ3v) is 2.25. The molecule has 1 aromatic carbocycles. The highest BCUT2D eigenvalue weighted by Crippen LogP contribution is 2.23. The van der Waals surface area contributed by atoms with Gasteiger partial charge in [-0.25, -0.2) is 8.78 Å². The molecule has 0 atom stereocenters. The minimum atomic E-state index is -4.09. The zero-order valence-electron chi connectivity index (χ0n) is 9.93. The summed E-state index contributed by atoms with van der Waals surface area (Å²) >= 11 is 0. The summed E-state index contributed by atoms with van der Waals surface area (Å²) in [5, 5.41) is 2.95. The lowest BCUT2D eigenvalue weighted by molar-refractivity contribution is -0.168. The molecule has 0 radical (unpaired) electrons. The van der Waals surface area contributed by atoms with E-state index in [0.29, 0.717) is 12.1 Å². The van der Waals surface area contributed by atoms with Crippen molar-refractivity contribution in [3.05, 3.63) is 35.4 Å². The van der Waals surface area contributed by atoms with Crippen LogP contribution in [0.4, 0.5) is 17.6 Å². The molecule has 0 heterocycles. The maximum Gasteiger partial charge on any atom is 0.330 e. The van der Waals surface area contributed by atoms with E-state index in [4.69, 9.17) is 0 Å². The Morgan fingerprint density at radius 2 is 1.94 bits per heavy atom. The fourth-order valence-electron chi connectivity index (χ4n) is 1.40. The molecular weight excluding hydrogens is 250 g/mol. The summed E-state index contributed by atoms with van der Waals surface area (Å²) in [5.74, 6) is -4.09. The monoisotopic (exact) mass is 265 g/mol. The van der Waals surface area contributed by atoms with Crippen LogP contribution in [0.25, 0.3) is 0 Å². The molecule has 0 spiro atoms. The van der Waals surface area contributed by atoms with Gasteiger partial charge in [-0.2, -0.15) is 8.78 Å². The highest BCUT2D eigenvalue weighted by molar-refractivity contribution is 5.22. The zero-order valence-corrected chi connectivity index (χ0v) is 9.93. The van der Waals surface area contributed by atoms with Gasteiger partial charge in [0.05, 0.1) is 6.61 Å². The van der Waals surface area contributed by atoms with Gasteiger partial charge in [0.2, 0.25) is 0 Å². The molecule has 0 bridgehead atoms. The van der Waals surface area contributed by atoms with Gasteiger partial charge < -0.3 is 10.1 Å². The van der Waals surface area contributed by atoms with Crippen LogP contribution in [-0.2, 0) is 17.9 Å². The van der Waals surface area contributed by atoms with Crippen LogP contribution in [0.2, 0.25) is 0 Å². The third-order valence-electron chi connectivity index (χ3n) is 2.25. The van der Waals surface area contributed by atoms with Crippen LogP contribution >= 0.6 is 0 Å². The van der Waals surface area contributed by atoms with E-state index >= 15 is 0 Å². The first-order valence-electron chi connectivity index (χ1n) is 5.42. The molecule has 102 valence electrons. The third kappa shape index (κ3) is 4.62. The number of benzene rings is 1. The number of ether oxygens (including phenoxy) is 1. The minimum Gasteiger partial charge on any atom is -0.370 e. The van der Waals surface area contributed by atoms with Crippen LogP contribution in [0, 0.1) is 0 Å². The standard InChI is InChI=1S/C12H15F4NO/c1-17-6-9-3-2-4-10(5-9)7-18-8-12(15,16)11(13)14/h2-5,11,17H,6-8H2,1H3. The Bertz CT molecular complexity index is 371. The largest absolute Gasteiger partial charge is 0.370 e. The Labute approximate surface area is 103 Å². The number of alkyl halides is 4. The fraction of sp³-hybridized carbons (Fsp3) is 0.500. The van der Waals surface area contributed by atoms with Gasteiger partial charge in [-0.15, -0.1) is 0 Å². The molecular formula is C12H15F4NO. The number of hydrogen-bond donors (Lipinski definition) is 1. The van der Waals surface area contributed by atoms with Crippen molar-refractivity contribution in [1.82, 2.24) is 5.32 Å². The molecule has 0 aliphatic rings. The van der Waals surface area contributed by atoms with Crippen LogP contribution in [0.15, 0.2) is 24.3 Å². The predicted molar refractivity (Wildman–Crippen MR) is 59.8 cm³/mol. The maximum atomic E-state index is 12.6. The molecule has 0 saturated carbocycles. The van der Waals surface area contributed by atoms with E-state index in [9.17, 15) is 17.6 Å².